The minimum absolute atomic E-state index is 0.00303. The third kappa shape index (κ3) is 5.22. The molecule has 0 fully saturated rings. The number of nitrogens with one attached hydrogen (secondary N) is 1. The molecule has 0 saturated heterocycles. The van der Waals surface area contributed by atoms with Gasteiger partial charge in [-0.2, -0.15) is 0 Å². The molecule has 5 rings (SSSR count). The number of carbonyl (C=O) groups excluding carboxylic acids is 1. The van der Waals surface area contributed by atoms with E-state index in [-0.39, 0.29) is 11.8 Å². The lowest BCUT2D eigenvalue weighted by atomic mass is 9.87. The molecular formula is C31H30N2O2. The lowest BCUT2D eigenvalue weighted by molar-refractivity contribution is -0.121. The molecule has 1 unspecified atom stereocenters. The fourth-order valence-corrected chi connectivity index (χ4v) is 4.72. The molecule has 1 atom stereocenters. The van der Waals surface area contributed by atoms with Crippen LogP contribution in [0.25, 0.3) is 10.9 Å². The highest BCUT2D eigenvalue weighted by Gasteiger charge is 2.23. The second-order valence-corrected chi connectivity index (χ2v) is 9.24. The van der Waals surface area contributed by atoms with E-state index < -0.39 is 0 Å². The number of fused-ring (bicyclic) bond motifs is 1. The first kappa shape index (κ1) is 22.7. The molecule has 0 aliphatic rings. The number of para-hydroxylation sites is 1. The van der Waals surface area contributed by atoms with Crippen LogP contribution in [0, 0.1) is 13.8 Å². The standard InChI is InChI=1S/C31H30N2O2/c1-22-12-14-24(15-13-22)20-33-21-29(27-10-3-4-11-30(27)33)28(25-8-5-7-23(2)17-25)18-31(34)32-19-26-9-6-16-35-26/h3-17,21,28H,18-20H2,1-2H3,(H,32,34). The van der Waals surface area contributed by atoms with Crippen molar-refractivity contribution in [3.63, 3.8) is 0 Å². The summed E-state index contributed by atoms with van der Waals surface area (Å²) in [6.07, 6.45) is 4.22. The number of hydrogen-bond acceptors (Lipinski definition) is 2. The maximum atomic E-state index is 13.1. The molecular weight excluding hydrogens is 432 g/mol. The van der Waals surface area contributed by atoms with Crippen molar-refractivity contribution in [1.29, 1.82) is 0 Å². The van der Waals surface area contributed by atoms with E-state index >= 15 is 0 Å². The Kier molecular flexibility index (Phi) is 6.53. The van der Waals surface area contributed by atoms with Crippen LogP contribution in [-0.4, -0.2) is 10.5 Å². The highest BCUT2D eigenvalue weighted by Crippen LogP contribution is 2.35. The van der Waals surface area contributed by atoms with Gasteiger partial charge in [0.2, 0.25) is 5.91 Å². The van der Waals surface area contributed by atoms with E-state index in [1.165, 1.54) is 33.2 Å². The Morgan fingerprint density at radius 3 is 2.51 bits per heavy atom. The molecule has 0 radical (unpaired) electrons. The molecule has 2 heterocycles. The van der Waals surface area contributed by atoms with Crippen molar-refractivity contribution in [3.8, 4) is 0 Å². The second kappa shape index (κ2) is 10.1. The molecule has 0 aliphatic carbocycles. The van der Waals surface area contributed by atoms with Gasteiger partial charge in [-0.1, -0.05) is 77.9 Å². The summed E-state index contributed by atoms with van der Waals surface area (Å²) in [6.45, 7) is 5.38. The molecule has 2 aromatic heterocycles. The smallest absolute Gasteiger partial charge is 0.221 e. The van der Waals surface area contributed by atoms with Gasteiger partial charge in [-0.3, -0.25) is 4.79 Å². The van der Waals surface area contributed by atoms with Crippen molar-refractivity contribution < 1.29 is 9.21 Å². The lowest BCUT2D eigenvalue weighted by Gasteiger charge is -2.18. The summed E-state index contributed by atoms with van der Waals surface area (Å²) >= 11 is 0. The van der Waals surface area contributed by atoms with E-state index in [4.69, 9.17) is 4.42 Å². The van der Waals surface area contributed by atoms with Gasteiger partial charge in [0.1, 0.15) is 5.76 Å². The van der Waals surface area contributed by atoms with E-state index in [9.17, 15) is 4.79 Å². The third-order valence-corrected chi connectivity index (χ3v) is 6.54. The van der Waals surface area contributed by atoms with Crippen LogP contribution in [0.3, 0.4) is 0 Å². The van der Waals surface area contributed by atoms with Gasteiger partial charge in [0.25, 0.3) is 0 Å². The van der Waals surface area contributed by atoms with Crippen molar-refractivity contribution in [2.75, 3.05) is 0 Å². The molecule has 4 heteroatoms. The van der Waals surface area contributed by atoms with Crippen molar-refractivity contribution >= 4 is 16.8 Å². The number of amides is 1. The quantitative estimate of drug-likeness (QED) is 0.278. The summed E-state index contributed by atoms with van der Waals surface area (Å²) in [6, 6.07) is 29.4. The van der Waals surface area contributed by atoms with Crippen molar-refractivity contribution in [1.82, 2.24) is 9.88 Å². The van der Waals surface area contributed by atoms with Crippen LogP contribution in [0.1, 0.15) is 45.9 Å². The molecule has 3 aromatic carbocycles. The molecule has 0 saturated carbocycles. The number of aromatic nitrogens is 1. The molecule has 0 aliphatic heterocycles. The van der Waals surface area contributed by atoms with Gasteiger partial charge < -0.3 is 14.3 Å². The molecule has 5 aromatic rings. The normalized spacial score (nSPS) is 12.1. The summed E-state index contributed by atoms with van der Waals surface area (Å²) in [5.41, 5.74) is 7.20. The largest absolute Gasteiger partial charge is 0.467 e. The van der Waals surface area contributed by atoms with Gasteiger partial charge >= 0.3 is 0 Å². The van der Waals surface area contributed by atoms with E-state index in [1.807, 2.05) is 12.1 Å². The third-order valence-electron chi connectivity index (χ3n) is 6.54. The maximum absolute atomic E-state index is 13.1. The van der Waals surface area contributed by atoms with Crippen LogP contribution in [0.2, 0.25) is 0 Å². The average Bonchev–Trinajstić information content (AvgIpc) is 3.51. The lowest BCUT2D eigenvalue weighted by Crippen LogP contribution is -2.24. The minimum Gasteiger partial charge on any atom is -0.467 e. The van der Waals surface area contributed by atoms with Crippen LogP contribution >= 0.6 is 0 Å². The zero-order chi connectivity index (χ0) is 24.2. The summed E-state index contributed by atoms with van der Waals surface area (Å²) in [4.78, 5) is 13.1. The van der Waals surface area contributed by atoms with Crippen LogP contribution in [0.4, 0.5) is 0 Å². The molecule has 0 spiro atoms. The van der Waals surface area contributed by atoms with Crippen LogP contribution in [0.15, 0.2) is 102 Å². The van der Waals surface area contributed by atoms with Gasteiger partial charge in [0, 0.05) is 36.0 Å². The zero-order valence-electron chi connectivity index (χ0n) is 20.2. The number of rotatable bonds is 8. The topological polar surface area (TPSA) is 47.2 Å². The van der Waals surface area contributed by atoms with Crippen molar-refractivity contribution in [3.05, 3.63) is 131 Å². The van der Waals surface area contributed by atoms with Crippen LogP contribution in [0.5, 0.6) is 0 Å². The molecule has 1 N–H and O–H groups in total. The highest BCUT2D eigenvalue weighted by atomic mass is 16.3. The fraction of sp³-hybridized carbons (Fsp3) is 0.194. The molecule has 1 amide bonds. The van der Waals surface area contributed by atoms with Crippen molar-refractivity contribution in [2.45, 2.75) is 39.3 Å². The zero-order valence-corrected chi connectivity index (χ0v) is 20.2. The van der Waals surface area contributed by atoms with Crippen molar-refractivity contribution in [2.24, 2.45) is 0 Å². The Labute approximate surface area is 206 Å². The first-order chi connectivity index (χ1) is 17.1. The fourth-order valence-electron chi connectivity index (χ4n) is 4.72. The summed E-state index contributed by atoms with van der Waals surface area (Å²) in [5, 5.41) is 4.22. The first-order valence-corrected chi connectivity index (χ1v) is 12.1. The number of aryl methyl sites for hydroxylation is 2. The number of carbonyl (C=O) groups is 1. The van der Waals surface area contributed by atoms with Gasteiger partial charge in [-0.05, 0) is 48.7 Å². The first-order valence-electron chi connectivity index (χ1n) is 12.1. The number of nitrogens with zero attached hydrogens (tertiary/aromatic N) is 1. The number of hydrogen-bond donors (Lipinski definition) is 1. The summed E-state index contributed by atoms with van der Waals surface area (Å²) < 4.78 is 7.69. The Morgan fingerprint density at radius 1 is 0.914 bits per heavy atom. The predicted molar refractivity (Wildman–Crippen MR) is 140 cm³/mol. The highest BCUT2D eigenvalue weighted by molar-refractivity contribution is 5.86. The van der Waals surface area contributed by atoms with Gasteiger partial charge in [-0.25, -0.2) is 0 Å². The van der Waals surface area contributed by atoms with Crippen LogP contribution < -0.4 is 5.32 Å². The Balaban J connectivity index is 1.51. The monoisotopic (exact) mass is 462 g/mol. The Hall–Kier alpha value is -4.05. The molecule has 4 nitrogen and oxygen atoms in total. The summed E-state index contributed by atoms with van der Waals surface area (Å²) in [5.74, 6) is 0.694. The Bertz CT molecular complexity index is 1430. The average molecular weight is 463 g/mol. The van der Waals surface area contributed by atoms with E-state index in [1.54, 1.807) is 6.26 Å². The van der Waals surface area contributed by atoms with E-state index in [0.29, 0.717) is 13.0 Å². The van der Waals surface area contributed by atoms with Gasteiger partial charge in [-0.15, -0.1) is 0 Å². The van der Waals surface area contributed by atoms with Gasteiger partial charge in [0.05, 0.1) is 12.8 Å². The number of furan rings is 1. The molecule has 35 heavy (non-hydrogen) atoms. The minimum atomic E-state index is -0.0596. The Morgan fingerprint density at radius 2 is 1.74 bits per heavy atom. The van der Waals surface area contributed by atoms with Crippen LogP contribution in [-0.2, 0) is 17.9 Å². The molecule has 0 bridgehead atoms. The second-order valence-electron chi connectivity index (χ2n) is 9.24. The van der Waals surface area contributed by atoms with E-state index in [0.717, 1.165) is 17.9 Å². The van der Waals surface area contributed by atoms with Gasteiger partial charge in [0.15, 0.2) is 0 Å². The SMILES string of the molecule is Cc1ccc(Cn2cc(C(CC(=O)NCc3ccco3)c3cccc(C)c3)c3ccccc32)cc1. The molecule has 176 valence electrons. The predicted octanol–water partition coefficient (Wildman–Crippen LogP) is 6.74. The maximum Gasteiger partial charge on any atom is 0.221 e. The van der Waals surface area contributed by atoms with E-state index in [2.05, 4.69) is 103 Å². The summed E-state index contributed by atoms with van der Waals surface area (Å²) in [7, 11) is 0. The number of benzene rings is 3.